The van der Waals surface area contributed by atoms with Crippen molar-refractivity contribution in [2.75, 3.05) is 39.0 Å². The molecule has 54 heavy (non-hydrogen) atoms. The zero-order valence-corrected chi connectivity index (χ0v) is 33.2. The minimum atomic E-state index is -3.37. The number of rotatable bonds is 11. The maximum Gasteiger partial charge on any atom is 0.222 e. The van der Waals surface area contributed by atoms with Crippen molar-refractivity contribution in [1.29, 1.82) is 0 Å². The van der Waals surface area contributed by atoms with Crippen LogP contribution < -0.4 is 5.32 Å². The molecule has 0 unspecified atom stereocenters. The van der Waals surface area contributed by atoms with Gasteiger partial charge in [-0.2, -0.15) is 9.40 Å². The molecule has 284 valence electrons. The highest BCUT2D eigenvalue weighted by Gasteiger charge is 2.31. The van der Waals surface area contributed by atoms with Gasteiger partial charge in [-0.25, -0.2) is 8.42 Å². The van der Waals surface area contributed by atoms with Gasteiger partial charge in [0.2, 0.25) is 15.9 Å². The van der Waals surface area contributed by atoms with Crippen LogP contribution in [0.25, 0.3) is 11.3 Å². The molecule has 0 saturated carbocycles. The number of carbonyl (C=O) groups is 1. The van der Waals surface area contributed by atoms with E-state index in [1.807, 2.05) is 54.6 Å². The number of aromatic nitrogens is 2. The Bertz CT molecular complexity index is 2120. The Balaban J connectivity index is 1.02. The van der Waals surface area contributed by atoms with Crippen LogP contribution in [-0.4, -0.2) is 83.2 Å². The number of amides is 1. The summed E-state index contributed by atoms with van der Waals surface area (Å²) in [4.78, 5) is 17.1. The summed E-state index contributed by atoms with van der Waals surface area (Å²) in [7, 11) is -3.37. The van der Waals surface area contributed by atoms with Gasteiger partial charge in [-0.15, -0.1) is 0 Å². The summed E-state index contributed by atoms with van der Waals surface area (Å²) >= 11 is 12.7. The van der Waals surface area contributed by atoms with Gasteiger partial charge in [0.25, 0.3) is 0 Å². The van der Waals surface area contributed by atoms with Crippen molar-refractivity contribution in [3.8, 4) is 23.1 Å². The van der Waals surface area contributed by atoms with Gasteiger partial charge < -0.3 is 15.1 Å². The van der Waals surface area contributed by atoms with Gasteiger partial charge in [-0.1, -0.05) is 65.4 Å². The first-order valence-electron chi connectivity index (χ1n) is 19.0. The maximum absolute atomic E-state index is 12.6. The molecule has 3 aliphatic rings. The highest BCUT2D eigenvalue weighted by molar-refractivity contribution is 7.88. The first-order chi connectivity index (χ1) is 26.1. The summed E-state index contributed by atoms with van der Waals surface area (Å²) in [5, 5.41) is 9.87. The Hall–Kier alpha value is -3.69. The zero-order chi connectivity index (χ0) is 37.7. The second kappa shape index (κ2) is 17.4. The molecule has 3 aromatic carbocycles. The third kappa shape index (κ3) is 9.57. The molecule has 0 radical (unpaired) electrons. The fourth-order valence-electron chi connectivity index (χ4n) is 7.84. The number of nitrogens with one attached hydrogen (secondary N) is 1. The number of piperidine rings is 2. The lowest BCUT2D eigenvalue weighted by molar-refractivity contribution is -0.136. The molecule has 0 spiro atoms. The number of carbonyl (C=O) groups excluding carboxylic acids is 1. The van der Waals surface area contributed by atoms with Crippen LogP contribution >= 0.6 is 23.2 Å². The van der Waals surface area contributed by atoms with Crippen LogP contribution in [0.2, 0.25) is 10.0 Å². The fourth-order valence-corrected chi connectivity index (χ4v) is 8.92. The first kappa shape index (κ1) is 38.6. The lowest BCUT2D eigenvalue weighted by atomic mass is 9.99. The molecule has 0 bridgehead atoms. The summed E-state index contributed by atoms with van der Waals surface area (Å²) in [5.41, 5.74) is 7.59. The number of halogens is 2. The van der Waals surface area contributed by atoms with Gasteiger partial charge in [0.1, 0.15) is 0 Å². The second-order valence-electron chi connectivity index (χ2n) is 14.7. The lowest BCUT2D eigenvalue weighted by Gasteiger charge is -2.40. The van der Waals surface area contributed by atoms with E-state index in [0.717, 1.165) is 117 Å². The topological polar surface area (TPSA) is 90.8 Å². The second-order valence-corrected chi connectivity index (χ2v) is 17.5. The molecule has 1 N–H and O–H groups in total. The van der Waals surface area contributed by atoms with Gasteiger partial charge in [0.15, 0.2) is 0 Å². The van der Waals surface area contributed by atoms with E-state index in [4.69, 9.17) is 28.3 Å². The molecule has 4 heterocycles. The number of benzene rings is 3. The van der Waals surface area contributed by atoms with Crippen molar-refractivity contribution in [3.63, 3.8) is 0 Å². The molecule has 0 atom stereocenters. The Kier molecular flexibility index (Phi) is 12.4. The Labute approximate surface area is 329 Å². The SMILES string of the molecule is CS(=O)(=O)N1CCc2c(c(-c3ccc(Cl)c(C#Cc4ccc(CNCc5ccc(Cl)cc5)cc4)c3)nn2CCCN2CCC(N3CCCCC3=O)CC2)C1. The number of hydrogen-bond donors (Lipinski definition) is 1. The van der Waals surface area contributed by atoms with Crippen LogP contribution in [0.15, 0.2) is 66.7 Å². The molecular formula is C42H48Cl2N6O3S. The van der Waals surface area contributed by atoms with Gasteiger partial charge in [-0.3, -0.25) is 9.48 Å². The van der Waals surface area contributed by atoms with E-state index in [1.165, 1.54) is 16.1 Å². The van der Waals surface area contributed by atoms with Gasteiger partial charge >= 0.3 is 0 Å². The predicted molar refractivity (Wildman–Crippen MR) is 216 cm³/mol. The molecule has 3 aliphatic heterocycles. The van der Waals surface area contributed by atoms with E-state index < -0.39 is 10.0 Å². The van der Waals surface area contributed by atoms with Gasteiger partial charge in [0.05, 0.1) is 17.0 Å². The zero-order valence-electron chi connectivity index (χ0n) is 30.9. The number of likely N-dealkylation sites (tertiary alicyclic amines) is 2. The molecule has 4 aromatic rings. The summed E-state index contributed by atoms with van der Waals surface area (Å²) in [6, 6.07) is 22.1. The molecule has 9 nitrogen and oxygen atoms in total. The smallest absolute Gasteiger partial charge is 0.222 e. The summed E-state index contributed by atoms with van der Waals surface area (Å²) in [6.07, 6.45) is 7.72. The van der Waals surface area contributed by atoms with E-state index in [0.29, 0.717) is 41.9 Å². The average molecular weight is 788 g/mol. The minimum Gasteiger partial charge on any atom is -0.340 e. The lowest BCUT2D eigenvalue weighted by Crippen LogP contribution is -2.49. The molecule has 12 heteroatoms. The summed E-state index contributed by atoms with van der Waals surface area (Å²) in [5.74, 6) is 6.86. The Morgan fingerprint density at radius 3 is 2.28 bits per heavy atom. The molecule has 7 rings (SSSR count). The number of hydrogen-bond acceptors (Lipinski definition) is 6. The van der Waals surface area contributed by atoms with Crippen molar-refractivity contribution in [3.05, 3.63) is 110 Å². The monoisotopic (exact) mass is 786 g/mol. The largest absolute Gasteiger partial charge is 0.340 e. The van der Waals surface area contributed by atoms with Crippen molar-refractivity contribution in [1.82, 2.24) is 29.2 Å². The highest BCUT2D eigenvalue weighted by Crippen LogP contribution is 2.33. The number of aryl methyl sites for hydroxylation is 1. The third-order valence-electron chi connectivity index (χ3n) is 10.9. The fraction of sp³-hybridized carbons (Fsp3) is 0.429. The predicted octanol–water partition coefficient (Wildman–Crippen LogP) is 6.73. The van der Waals surface area contributed by atoms with Crippen LogP contribution in [0.3, 0.4) is 0 Å². The molecule has 1 amide bonds. The van der Waals surface area contributed by atoms with Crippen molar-refractivity contribution in [2.24, 2.45) is 0 Å². The molecule has 1 aromatic heterocycles. The molecular weight excluding hydrogens is 739 g/mol. The summed E-state index contributed by atoms with van der Waals surface area (Å²) in [6.45, 7) is 6.84. The van der Waals surface area contributed by atoms with Crippen molar-refractivity contribution in [2.45, 2.75) is 77.2 Å². The summed E-state index contributed by atoms with van der Waals surface area (Å²) < 4.78 is 28.9. The standard InChI is InChI=1S/C42H48Cl2N6O3S/c1-54(52,53)48-26-20-40-38(30-48)42(46-50(40)23-4-21-47-24-18-37(19-25-47)49-22-3-2-5-41(49)51)35-14-17-39(44)34(27-35)13-10-31-6-8-32(9-7-31)28-45-29-33-11-15-36(43)16-12-33/h6-9,11-12,14-17,27,37,45H,2-5,18-26,28-30H2,1H3. The number of nitrogens with zero attached hydrogens (tertiary/aromatic N) is 5. The van der Waals surface area contributed by atoms with Crippen molar-refractivity contribution >= 4 is 39.1 Å². The maximum atomic E-state index is 12.6. The van der Waals surface area contributed by atoms with Crippen LogP contribution in [0.5, 0.6) is 0 Å². The first-order valence-corrected chi connectivity index (χ1v) is 21.6. The van der Waals surface area contributed by atoms with E-state index in [-0.39, 0.29) is 6.54 Å². The Morgan fingerprint density at radius 2 is 1.57 bits per heavy atom. The minimum absolute atomic E-state index is 0.288. The molecule has 2 saturated heterocycles. The van der Waals surface area contributed by atoms with Crippen LogP contribution in [0.4, 0.5) is 0 Å². The van der Waals surface area contributed by atoms with Crippen molar-refractivity contribution < 1.29 is 13.2 Å². The highest BCUT2D eigenvalue weighted by atomic mass is 35.5. The number of fused-ring (bicyclic) bond motifs is 1. The van der Waals surface area contributed by atoms with E-state index in [1.54, 1.807) is 0 Å². The normalized spacial score (nSPS) is 17.3. The average Bonchev–Trinajstić information content (AvgIpc) is 3.54. The van der Waals surface area contributed by atoms with E-state index in [9.17, 15) is 13.2 Å². The molecule has 0 aliphatic carbocycles. The van der Waals surface area contributed by atoms with Crippen LogP contribution in [0, 0.1) is 11.8 Å². The van der Waals surface area contributed by atoms with E-state index in [2.05, 4.69) is 43.8 Å². The van der Waals surface area contributed by atoms with E-state index >= 15 is 0 Å². The van der Waals surface area contributed by atoms with Gasteiger partial charge in [-0.05, 0) is 86.2 Å². The third-order valence-corrected chi connectivity index (χ3v) is 12.7. The molecule has 2 fully saturated rings. The number of sulfonamides is 1. The van der Waals surface area contributed by atoms with Crippen LogP contribution in [0.1, 0.15) is 72.0 Å². The Morgan fingerprint density at radius 1 is 0.852 bits per heavy atom. The van der Waals surface area contributed by atoms with Crippen LogP contribution in [-0.2, 0) is 47.4 Å². The quantitative estimate of drug-likeness (QED) is 0.170. The van der Waals surface area contributed by atoms with Gasteiger partial charge in [0, 0.05) is 104 Å².